The summed E-state index contributed by atoms with van der Waals surface area (Å²) in [6.07, 6.45) is 4.62. The molecule has 7 nitrogen and oxygen atoms in total. The Morgan fingerprint density at radius 2 is 1.90 bits per heavy atom. The minimum Gasteiger partial charge on any atom is -0.322 e. The zero-order chi connectivity index (χ0) is 20.5. The number of nitrogens with one attached hydrogen (secondary N) is 1. The first-order valence-corrected chi connectivity index (χ1v) is 9.81. The first-order valence-electron chi connectivity index (χ1n) is 9.81. The smallest absolute Gasteiger partial charge is 0.261 e. The molecule has 5 rings (SSSR count). The van der Waals surface area contributed by atoms with Gasteiger partial charge in [0.2, 0.25) is 5.91 Å². The molecule has 1 aliphatic rings. The monoisotopic (exact) mass is 397 g/mol. The van der Waals surface area contributed by atoms with Crippen molar-refractivity contribution in [1.82, 2.24) is 14.6 Å². The lowest BCUT2D eigenvalue weighted by molar-refractivity contribution is -0.117. The van der Waals surface area contributed by atoms with Gasteiger partial charge in [0, 0.05) is 36.1 Å². The highest BCUT2D eigenvalue weighted by atomic mass is 16.2. The third-order valence-corrected chi connectivity index (χ3v) is 5.20. The molecule has 4 aromatic rings. The van der Waals surface area contributed by atoms with Crippen LogP contribution in [0.3, 0.4) is 0 Å². The summed E-state index contributed by atoms with van der Waals surface area (Å²) in [7, 11) is 0. The van der Waals surface area contributed by atoms with E-state index in [0.717, 1.165) is 23.4 Å². The van der Waals surface area contributed by atoms with Crippen molar-refractivity contribution < 1.29 is 9.59 Å². The van der Waals surface area contributed by atoms with E-state index in [-0.39, 0.29) is 11.8 Å². The Balaban J connectivity index is 1.44. The largest absolute Gasteiger partial charge is 0.322 e. The van der Waals surface area contributed by atoms with E-state index in [1.807, 2.05) is 54.6 Å². The number of carbonyl (C=O) groups excluding carboxylic acids is 2. The maximum absolute atomic E-state index is 12.9. The number of amides is 2. The van der Waals surface area contributed by atoms with Gasteiger partial charge >= 0.3 is 0 Å². The van der Waals surface area contributed by atoms with Crippen molar-refractivity contribution in [1.29, 1.82) is 0 Å². The van der Waals surface area contributed by atoms with Crippen molar-refractivity contribution in [3.63, 3.8) is 0 Å². The summed E-state index contributed by atoms with van der Waals surface area (Å²) in [6, 6.07) is 19.0. The van der Waals surface area contributed by atoms with Crippen LogP contribution in [0.25, 0.3) is 16.9 Å². The van der Waals surface area contributed by atoms with Gasteiger partial charge in [0.1, 0.15) is 5.56 Å². The van der Waals surface area contributed by atoms with E-state index >= 15 is 0 Å². The molecule has 2 aromatic heterocycles. The molecule has 0 aliphatic carbocycles. The molecule has 148 valence electrons. The SMILES string of the molecule is O=C(Nc1cccc(N2CCCC2=O)c1)c1cnn2c(-c3ccccc3)ccnc12. The van der Waals surface area contributed by atoms with Crippen molar-refractivity contribution in [3.05, 3.63) is 78.6 Å². The molecule has 2 aromatic carbocycles. The Kier molecular flexibility index (Phi) is 4.48. The number of anilines is 2. The van der Waals surface area contributed by atoms with Crippen LogP contribution in [0.4, 0.5) is 11.4 Å². The van der Waals surface area contributed by atoms with Gasteiger partial charge in [-0.2, -0.15) is 5.10 Å². The van der Waals surface area contributed by atoms with Crippen LogP contribution in [0, 0.1) is 0 Å². The Labute approximate surface area is 173 Å². The van der Waals surface area contributed by atoms with Gasteiger partial charge in [0.25, 0.3) is 5.91 Å². The lowest BCUT2D eigenvalue weighted by Crippen LogP contribution is -2.23. The van der Waals surface area contributed by atoms with E-state index in [4.69, 9.17) is 0 Å². The van der Waals surface area contributed by atoms with Crippen LogP contribution in [0.1, 0.15) is 23.2 Å². The molecule has 30 heavy (non-hydrogen) atoms. The number of fused-ring (bicyclic) bond motifs is 1. The molecule has 0 spiro atoms. The summed E-state index contributed by atoms with van der Waals surface area (Å²) >= 11 is 0. The first-order chi connectivity index (χ1) is 14.7. The molecular formula is C23H19N5O2. The van der Waals surface area contributed by atoms with Gasteiger partial charge in [-0.1, -0.05) is 36.4 Å². The number of aromatic nitrogens is 3. The molecule has 0 atom stereocenters. The molecule has 0 bridgehead atoms. The van der Waals surface area contributed by atoms with Crippen molar-refractivity contribution in [2.75, 3.05) is 16.8 Å². The minimum atomic E-state index is -0.299. The van der Waals surface area contributed by atoms with E-state index in [9.17, 15) is 9.59 Å². The molecule has 1 aliphatic heterocycles. The number of nitrogens with zero attached hydrogens (tertiary/aromatic N) is 4. The summed E-state index contributed by atoms with van der Waals surface area (Å²) in [5.74, 6) is -0.189. The molecule has 0 saturated carbocycles. The van der Waals surface area contributed by atoms with Crippen LogP contribution in [-0.4, -0.2) is 33.0 Å². The van der Waals surface area contributed by atoms with Crippen LogP contribution < -0.4 is 10.2 Å². The van der Waals surface area contributed by atoms with Gasteiger partial charge < -0.3 is 10.2 Å². The van der Waals surface area contributed by atoms with Gasteiger partial charge in [-0.25, -0.2) is 9.50 Å². The van der Waals surface area contributed by atoms with Crippen LogP contribution in [0.15, 0.2) is 73.1 Å². The van der Waals surface area contributed by atoms with Crippen molar-refractivity contribution in [2.24, 2.45) is 0 Å². The quantitative estimate of drug-likeness (QED) is 0.568. The highest BCUT2D eigenvalue weighted by molar-refractivity contribution is 6.08. The Morgan fingerprint density at radius 1 is 1.03 bits per heavy atom. The summed E-state index contributed by atoms with van der Waals surface area (Å²) in [4.78, 5) is 31.1. The predicted molar refractivity (Wildman–Crippen MR) is 114 cm³/mol. The first kappa shape index (κ1) is 18.1. The maximum atomic E-state index is 12.9. The Morgan fingerprint density at radius 3 is 2.70 bits per heavy atom. The average Bonchev–Trinajstić information content (AvgIpc) is 3.40. The highest BCUT2D eigenvalue weighted by Crippen LogP contribution is 2.25. The van der Waals surface area contributed by atoms with Gasteiger partial charge in [0.15, 0.2) is 5.65 Å². The summed E-state index contributed by atoms with van der Waals surface area (Å²) in [6.45, 7) is 0.705. The number of carbonyl (C=O) groups is 2. The number of rotatable bonds is 4. The number of benzene rings is 2. The lowest BCUT2D eigenvalue weighted by Gasteiger charge is -2.16. The van der Waals surface area contributed by atoms with Gasteiger partial charge in [0.05, 0.1) is 11.9 Å². The van der Waals surface area contributed by atoms with Crippen molar-refractivity contribution in [2.45, 2.75) is 12.8 Å². The fourth-order valence-corrected chi connectivity index (χ4v) is 3.75. The molecule has 0 unspecified atom stereocenters. The third-order valence-electron chi connectivity index (χ3n) is 5.20. The third kappa shape index (κ3) is 3.20. The maximum Gasteiger partial charge on any atom is 0.261 e. The Hall–Kier alpha value is -4.00. The lowest BCUT2D eigenvalue weighted by atomic mass is 10.1. The fourth-order valence-electron chi connectivity index (χ4n) is 3.75. The minimum absolute atomic E-state index is 0.110. The zero-order valence-corrected chi connectivity index (χ0v) is 16.2. The summed E-state index contributed by atoms with van der Waals surface area (Å²) in [5, 5.41) is 7.29. The van der Waals surface area contributed by atoms with Crippen LogP contribution in [-0.2, 0) is 4.79 Å². The van der Waals surface area contributed by atoms with Gasteiger partial charge in [-0.05, 0) is 30.7 Å². The standard InChI is InChI=1S/C23H19N5O2/c29-21-10-5-13-27(21)18-9-4-8-17(14-18)26-23(30)19-15-25-28-20(11-12-24-22(19)28)16-6-2-1-3-7-16/h1-4,6-9,11-12,14-15H,5,10,13H2,(H,26,30). The van der Waals surface area contributed by atoms with Crippen LogP contribution >= 0.6 is 0 Å². The molecular weight excluding hydrogens is 378 g/mol. The van der Waals surface area contributed by atoms with Gasteiger partial charge in [-0.15, -0.1) is 0 Å². The topological polar surface area (TPSA) is 79.6 Å². The molecule has 1 fully saturated rings. The van der Waals surface area contributed by atoms with Gasteiger partial charge in [-0.3, -0.25) is 9.59 Å². The number of hydrogen-bond acceptors (Lipinski definition) is 4. The zero-order valence-electron chi connectivity index (χ0n) is 16.2. The van der Waals surface area contributed by atoms with E-state index < -0.39 is 0 Å². The second kappa shape index (κ2) is 7.44. The molecule has 1 saturated heterocycles. The van der Waals surface area contributed by atoms with E-state index in [2.05, 4.69) is 15.4 Å². The van der Waals surface area contributed by atoms with Crippen LogP contribution in [0.5, 0.6) is 0 Å². The molecule has 3 heterocycles. The second-order valence-corrected chi connectivity index (χ2v) is 7.14. The average molecular weight is 397 g/mol. The molecule has 2 amide bonds. The highest BCUT2D eigenvalue weighted by Gasteiger charge is 2.22. The summed E-state index contributed by atoms with van der Waals surface area (Å²) in [5.41, 5.74) is 4.13. The second-order valence-electron chi connectivity index (χ2n) is 7.14. The van der Waals surface area contributed by atoms with Crippen LogP contribution in [0.2, 0.25) is 0 Å². The predicted octanol–water partition coefficient (Wildman–Crippen LogP) is 3.78. The molecule has 1 N–H and O–H groups in total. The van der Waals surface area contributed by atoms with Crippen molar-refractivity contribution >= 4 is 28.8 Å². The van der Waals surface area contributed by atoms with Crippen molar-refractivity contribution in [3.8, 4) is 11.3 Å². The van der Waals surface area contributed by atoms with E-state index in [1.54, 1.807) is 21.7 Å². The molecule has 0 radical (unpaired) electrons. The number of hydrogen-bond donors (Lipinski definition) is 1. The van der Waals surface area contributed by atoms with E-state index in [0.29, 0.717) is 29.9 Å². The summed E-state index contributed by atoms with van der Waals surface area (Å²) < 4.78 is 1.67. The van der Waals surface area contributed by atoms with E-state index in [1.165, 1.54) is 6.20 Å². The fraction of sp³-hybridized carbons (Fsp3) is 0.130. The molecule has 7 heteroatoms. The normalized spacial score (nSPS) is 13.7. The Bertz CT molecular complexity index is 1250.